The zero-order chi connectivity index (χ0) is 22.8. The third-order valence-electron chi connectivity index (χ3n) is 5.28. The molecule has 31 heavy (non-hydrogen) atoms. The maximum absolute atomic E-state index is 5.46. The Morgan fingerprint density at radius 1 is 0.935 bits per heavy atom. The van der Waals surface area contributed by atoms with E-state index in [2.05, 4.69) is 58.9 Å². The normalized spacial score (nSPS) is 12.5. The molecule has 170 valence electrons. The zero-order valence-corrected chi connectivity index (χ0v) is 19.8. The molecule has 0 aliphatic heterocycles. The lowest BCUT2D eigenvalue weighted by Gasteiger charge is -2.26. The number of ether oxygens (including phenoxy) is 3. The molecule has 0 aliphatic carbocycles. The standard InChI is InChI=1S/C24H36N4O3/c1-17-8-9-18(14-22(17)30-6)12-13-26-24(25-2)27-16-20(28(3)4)19-10-11-21(29-5)23(15-19)31-7/h8-11,14-15,20H,12-13,16H2,1-7H3,(H2,25,26,27). The first-order valence-electron chi connectivity index (χ1n) is 10.4. The SMILES string of the molecule is CN=C(NCCc1ccc(C)c(OC)c1)NCC(c1ccc(OC)c(OC)c1)N(C)C. The van der Waals surface area contributed by atoms with Crippen molar-refractivity contribution in [3.63, 3.8) is 0 Å². The van der Waals surface area contributed by atoms with Crippen LogP contribution in [0.5, 0.6) is 17.2 Å². The second kappa shape index (κ2) is 12.1. The molecule has 0 aromatic heterocycles. The van der Waals surface area contributed by atoms with Crippen molar-refractivity contribution < 1.29 is 14.2 Å². The van der Waals surface area contributed by atoms with E-state index in [1.807, 2.05) is 19.1 Å². The first-order valence-corrected chi connectivity index (χ1v) is 10.4. The molecular formula is C24H36N4O3. The van der Waals surface area contributed by atoms with Crippen LogP contribution in [0, 0.1) is 6.92 Å². The summed E-state index contributed by atoms with van der Waals surface area (Å²) in [6.07, 6.45) is 0.879. The Morgan fingerprint density at radius 2 is 1.65 bits per heavy atom. The van der Waals surface area contributed by atoms with Gasteiger partial charge in [0.1, 0.15) is 5.75 Å². The summed E-state index contributed by atoms with van der Waals surface area (Å²) < 4.78 is 16.2. The van der Waals surface area contributed by atoms with Gasteiger partial charge >= 0.3 is 0 Å². The topological polar surface area (TPSA) is 67.4 Å². The summed E-state index contributed by atoms with van der Waals surface area (Å²) in [5, 5.41) is 6.83. The van der Waals surface area contributed by atoms with Crippen molar-refractivity contribution in [2.75, 3.05) is 55.6 Å². The summed E-state index contributed by atoms with van der Waals surface area (Å²) in [5.74, 6) is 3.14. The number of methoxy groups -OCH3 is 3. The molecule has 1 atom stereocenters. The Labute approximate surface area is 186 Å². The fourth-order valence-corrected chi connectivity index (χ4v) is 3.42. The molecule has 0 fully saturated rings. The van der Waals surface area contributed by atoms with E-state index < -0.39 is 0 Å². The van der Waals surface area contributed by atoms with Gasteiger partial charge in [-0.05, 0) is 62.3 Å². The number of hydrogen-bond acceptors (Lipinski definition) is 5. The average Bonchev–Trinajstić information content (AvgIpc) is 2.78. The van der Waals surface area contributed by atoms with Gasteiger partial charge < -0.3 is 29.7 Å². The lowest BCUT2D eigenvalue weighted by molar-refractivity contribution is 0.295. The van der Waals surface area contributed by atoms with Gasteiger partial charge in [-0.25, -0.2) is 0 Å². The van der Waals surface area contributed by atoms with Crippen LogP contribution in [0.1, 0.15) is 22.7 Å². The molecule has 0 spiro atoms. The molecule has 2 rings (SSSR count). The van der Waals surface area contributed by atoms with Gasteiger partial charge in [-0.2, -0.15) is 0 Å². The lowest BCUT2D eigenvalue weighted by Crippen LogP contribution is -2.42. The molecule has 0 saturated heterocycles. The molecule has 0 amide bonds. The van der Waals surface area contributed by atoms with Crippen LogP contribution >= 0.6 is 0 Å². The molecule has 7 nitrogen and oxygen atoms in total. The number of nitrogens with zero attached hydrogens (tertiary/aromatic N) is 2. The highest BCUT2D eigenvalue weighted by atomic mass is 16.5. The van der Waals surface area contributed by atoms with Gasteiger partial charge in [0.15, 0.2) is 17.5 Å². The van der Waals surface area contributed by atoms with Gasteiger partial charge in [0.2, 0.25) is 0 Å². The molecule has 0 saturated carbocycles. The minimum absolute atomic E-state index is 0.139. The largest absolute Gasteiger partial charge is 0.496 e. The summed E-state index contributed by atoms with van der Waals surface area (Å²) in [7, 11) is 10.9. The quantitative estimate of drug-likeness (QED) is 0.448. The molecule has 2 N–H and O–H groups in total. The van der Waals surface area contributed by atoms with Crippen molar-refractivity contribution in [2.45, 2.75) is 19.4 Å². The summed E-state index contributed by atoms with van der Waals surface area (Å²) in [4.78, 5) is 6.53. The minimum atomic E-state index is 0.139. The van der Waals surface area contributed by atoms with Crippen molar-refractivity contribution in [3.8, 4) is 17.2 Å². The van der Waals surface area contributed by atoms with E-state index in [0.29, 0.717) is 6.54 Å². The van der Waals surface area contributed by atoms with Crippen LogP contribution in [0.15, 0.2) is 41.4 Å². The van der Waals surface area contributed by atoms with Crippen LogP contribution in [0.3, 0.4) is 0 Å². The molecule has 7 heteroatoms. The second-order valence-electron chi connectivity index (χ2n) is 7.53. The van der Waals surface area contributed by atoms with Crippen LogP contribution in [0.25, 0.3) is 0 Å². The maximum atomic E-state index is 5.46. The van der Waals surface area contributed by atoms with Crippen LogP contribution in [0.4, 0.5) is 0 Å². The highest BCUT2D eigenvalue weighted by molar-refractivity contribution is 5.79. The zero-order valence-electron chi connectivity index (χ0n) is 19.8. The number of benzene rings is 2. The lowest BCUT2D eigenvalue weighted by atomic mass is 10.1. The summed E-state index contributed by atoms with van der Waals surface area (Å²) in [5.41, 5.74) is 3.50. The number of aliphatic imine (C=N–C) groups is 1. The van der Waals surface area contributed by atoms with E-state index in [1.54, 1.807) is 28.4 Å². The number of rotatable bonds is 10. The monoisotopic (exact) mass is 428 g/mol. The van der Waals surface area contributed by atoms with E-state index in [-0.39, 0.29) is 6.04 Å². The van der Waals surface area contributed by atoms with Crippen LogP contribution in [-0.4, -0.2) is 66.4 Å². The van der Waals surface area contributed by atoms with E-state index in [0.717, 1.165) is 47.3 Å². The van der Waals surface area contributed by atoms with Gasteiger partial charge in [0.05, 0.1) is 27.4 Å². The molecule has 2 aromatic carbocycles. The first-order chi connectivity index (χ1) is 14.9. The van der Waals surface area contributed by atoms with E-state index in [4.69, 9.17) is 14.2 Å². The predicted molar refractivity (Wildman–Crippen MR) is 127 cm³/mol. The Kier molecular flexibility index (Phi) is 9.46. The van der Waals surface area contributed by atoms with Crippen molar-refractivity contribution >= 4 is 5.96 Å². The maximum Gasteiger partial charge on any atom is 0.191 e. The molecule has 2 aromatic rings. The highest BCUT2D eigenvalue weighted by Crippen LogP contribution is 2.31. The summed E-state index contributed by atoms with van der Waals surface area (Å²) >= 11 is 0. The first kappa shape index (κ1) is 24.3. The van der Waals surface area contributed by atoms with Crippen LogP contribution < -0.4 is 24.8 Å². The fourth-order valence-electron chi connectivity index (χ4n) is 3.42. The summed E-state index contributed by atoms with van der Waals surface area (Å²) in [6, 6.07) is 12.5. The predicted octanol–water partition coefficient (Wildman–Crippen LogP) is 3.03. The Morgan fingerprint density at radius 3 is 2.26 bits per heavy atom. The van der Waals surface area contributed by atoms with Crippen LogP contribution in [-0.2, 0) is 6.42 Å². The van der Waals surface area contributed by atoms with Crippen molar-refractivity contribution in [2.24, 2.45) is 4.99 Å². The number of nitrogens with one attached hydrogen (secondary N) is 2. The second-order valence-corrected chi connectivity index (χ2v) is 7.53. The fraction of sp³-hybridized carbons (Fsp3) is 0.458. The van der Waals surface area contributed by atoms with Gasteiger partial charge in [-0.15, -0.1) is 0 Å². The van der Waals surface area contributed by atoms with Gasteiger partial charge in [-0.1, -0.05) is 18.2 Å². The molecule has 1 unspecified atom stereocenters. The Hall–Kier alpha value is -2.93. The number of hydrogen-bond donors (Lipinski definition) is 2. The van der Waals surface area contributed by atoms with Crippen LogP contribution in [0.2, 0.25) is 0 Å². The van der Waals surface area contributed by atoms with E-state index in [9.17, 15) is 0 Å². The van der Waals surface area contributed by atoms with Gasteiger partial charge in [-0.3, -0.25) is 4.99 Å². The molecule has 0 aliphatic rings. The highest BCUT2D eigenvalue weighted by Gasteiger charge is 2.17. The average molecular weight is 429 g/mol. The van der Waals surface area contributed by atoms with Gasteiger partial charge in [0.25, 0.3) is 0 Å². The molecular weight excluding hydrogens is 392 g/mol. The molecule has 0 radical (unpaired) electrons. The minimum Gasteiger partial charge on any atom is -0.496 e. The van der Waals surface area contributed by atoms with E-state index in [1.165, 1.54) is 5.56 Å². The Bertz CT molecular complexity index is 868. The summed E-state index contributed by atoms with van der Waals surface area (Å²) in [6.45, 7) is 3.52. The number of aryl methyl sites for hydroxylation is 1. The van der Waals surface area contributed by atoms with Gasteiger partial charge in [0, 0.05) is 20.1 Å². The smallest absolute Gasteiger partial charge is 0.191 e. The molecule has 0 heterocycles. The molecule has 0 bridgehead atoms. The third kappa shape index (κ3) is 6.79. The van der Waals surface area contributed by atoms with Crippen molar-refractivity contribution in [1.29, 1.82) is 0 Å². The van der Waals surface area contributed by atoms with Crippen molar-refractivity contribution in [3.05, 3.63) is 53.1 Å². The number of likely N-dealkylation sites (N-methyl/N-ethyl adjacent to an activating group) is 1. The van der Waals surface area contributed by atoms with Crippen molar-refractivity contribution in [1.82, 2.24) is 15.5 Å². The third-order valence-corrected chi connectivity index (χ3v) is 5.28. The van der Waals surface area contributed by atoms with E-state index >= 15 is 0 Å². The Balaban J connectivity index is 1.96. The number of guanidine groups is 1.